The van der Waals surface area contributed by atoms with Gasteiger partial charge in [-0.1, -0.05) is 24.3 Å². The van der Waals surface area contributed by atoms with Crippen molar-refractivity contribution >= 4 is 17.5 Å². The van der Waals surface area contributed by atoms with Crippen molar-refractivity contribution in [2.24, 2.45) is 5.73 Å². The van der Waals surface area contributed by atoms with E-state index in [4.69, 9.17) is 5.73 Å². The summed E-state index contributed by atoms with van der Waals surface area (Å²) >= 11 is 0. The van der Waals surface area contributed by atoms with Crippen LogP contribution in [0.1, 0.15) is 44.8 Å². The highest BCUT2D eigenvalue weighted by atomic mass is 16.2. The van der Waals surface area contributed by atoms with Crippen molar-refractivity contribution in [3.63, 3.8) is 0 Å². The number of nitrogens with zero attached hydrogens (tertiary/aromatic N) is 2. The van der Waals surface area contributed by atoms with Gasteiger partial charge in [0.15, 0.2) is 0 Å². The molecule has 1 atom stereocenters. The molecule has 0 bridgehead atoms. The fraction of sp³-hybridized carbons (Fsp3) is 0.333. The first kappa shape index (κ1) is 17.7. The molecule has 6 heteroatoms. The van der Waals surface area contributed by atoms with Crippen LogP contribution in [0.3, 0.4) is 0 Å². The lowest BCUT2D eigenvalue weighted by molar-refractivity contribution is 0.0965. The Labute approximate surface area is 158 Å². The minimum Gasteiger partial charge on any atom is -0.366 e. The summed E-state index contributed by atoms with van der Waals surface area (Å²) in [6, 6.07) is 13.3. The van der Waals surface area contributed by atoms with Gasteiger partial charge in [-0.3, -0.25) is 14.5 Å². The number of benzene rings is 2. The Morgan fingerprint density at radius 1 is 1.15 bits per heavy atom. The van der Waals surface area contributed by atoms with E-state index in [-0.39, 0.29) is 11.9 Å². The lowest BCUT2D eigenvalue weighted by Gasteiger charge is -2.27. The fourth-order valence-electron chi connectivity index (χ4n) is 4.03. The van der Waals surface area contributed by atoms with Crippen molar-refractivity contribution in [1.82, 2.24) is 10.2 Å². The molecule has 2 aromatic carbocycles. The number of anilines is 1. The molecular formula is C21H24N4O2. The van der Waals surface area contributed by atoms with Crippen LogP contribution in [-0.2, 0) is 6.54 Å². The zero-order valence-electron chi connectivity index (χ0n) is 15.4. The zero-order valence-corrected chi connectivity index (χ0v) is 15.4. The van der Waals surface area contributed by atoms with Crippen molar-refractivity contribution < 1.29 is 9.59 Å². The Morgan fingerprint density at radius 3 is 2.52 bits per heavy atom. The third-order valence-corrected chi connectivity index (χ3v) is 5.46. The van der Waals surface area contributed by atoms with Gasteiger partial charge in [-0.2, -0.15) is 0 Å². The predicted octanol–water partition coefficient (Wildman–Crippen LogP) is 1.91. The highest BCUT2D eigenvalue weighted by molar-refractivity contribution is 6.16. The third-order valence-electron chi connectivity index (χ3n) is 5.46. The molecule has 0 aromatic heterocycles. The largest absolute Gasteiger partial charge is 0.366 e. The normalized spacial score (nSPS) is 20.0. The smallest absolute Gasteiger partial charge is 0.260 e. The molecule has 4 rings (SSSR count). The standard InChI is InChI=1S/C21H24N4O2/c1-14-17-3-2-4-18(20(22)26)19(17)21(27)25(14)16-7-5-15(6-8-16)13-24-11-9-23-10-12-24/h2-8,14,23H,9-13H2,1H3,(H2,22,26). The first-order chi connectivity index (χ1) is 13.1. The van der Waals surface area contributed by atoms with E-state index in [0.29, 0.717) is 11.1 Å². The fourth-order valence-corrected chi connectivity index (χ4v) is 4.03. The topological polar surface area (TPSA) is 78.7 Å². The number of primary amides is 1. The van der Waals surface area contributed by atoms with Gasteiger partial charge in [0, 0.05) is 38.4 Å². The van der Waals surface area contributed by atoms with Gasteiger partial charge in [-0.15, -0.1) is 0 Å². The van der Waals surface area contributed by atoms with Gasteiger partial charge in [0.1, 0.15) is 0 Å². The highest BCUT2D eigenvalue weighted by Gasteiger charge is 2.37. The van der Waals surface area contributed by atoms with Gasteiger partial charge in [-0.05, 0) is 36.2 Å². The molecule has 0 saturated carbocycles. The second kappa shape index (κ2) is 7.13. The lowest BCUT2D eigenvalue weighted by Crippen LogP contribution is -2.42. The molecule has 27 heavy (non-hydrogen) atoms. The second-order valence-electron chi connectivity index (χ2n) is 7.18. The van der Waals surface area contributed by atoms with Crippen molar-refractivity contribution in [3.05, 3.63) is 64.7 Å². The Morgan fingerprint density at radius 2 is 1.85 bits per heavy atom. The molecule has 2 aromatic rings. The molecule has 3 N–H and O–H groups in total. The van der Waals surface area contributed by atoms with E-state index in [1.165, 1.54) is 5.56 Å². The molecule has 1 fully saturated rings. The summed E-state index contributed by atoms with van der Waals surface area (Å²) in [5.41, 5.74) is 9.11. The van der Waals surface area contributed by atoms with Crippen molar-refractivity contribution in [2.75, 3.05) is 31.1 Å². The van der Waals surface area contributed by atoms with Crippen LogP contribution in [0.2, 0.25) is 0 Å². The monoisotopic (exact) mass is 364 g/mol. The summed E-state index contributed by atoms with van der Waals surface area (Å²) in [7, 11) is 0. The maximum absolute atomic E-state index is 13.0. The molecule has 0 spiro atoms. The molecule has 140 valence electrons. The van der Waals surface area contributed by atoms with E-state index in [9.17, 15) is 9.59 Å². The van der Waals surface area contributed by atoms with Gasteiger partial charge in [0.25, 0.3) is 5.91 Å². The number of nitrogens with two attached hydrogens (primary N) is 1. The average molecular weight is 364 g/mol. The van der Waals surface area contributed by atoms with E-state index in [0.717, 1.165) is 44.0 Å². The van der Waals surface area contributed by atoms with Crippen LogP contribution in [0.5, 0.6) is 0 Å². The Kier molecular flexibility index (Phi) is 4.68. The number of hydrogen-bond acceptors (Lipinski definition) is 4. The molecule has 1 unspecified atom stereocenters. The van der Waals surface area contributed by atoms with E-state index < -0.39 is 5.91 Å². The lowest BCUT2D eigenvalue weighted by atomic mass is 10.00. The Hall–Kier alpha value is -2.70. The van der Waals surface area contributed by atoms with Crippen LogP contribution in [-0.4, -0.2) is 42.9 Å². The molecule has 0 aliphatic carbocycles. The highest BCUT2D eigenvalue weighted by Crippen LogP contribution is 2.38. The number of piperazine rings is 1. The Balaban J connectivity index is 1.57. The minimum atomic E-state index is -0.569. The number of hydrogen-bond donors (Lipinski definition) is 2. The summed E-state index contributed by atoms with van der Waals surface area (Å²) in [5, 5.41) is 3.36. The number of carbonyl (C=O) groups is 2. The molecule has 6 nitrogen and oxygen atoms in total. The van der Waals surface area contributed by atoms with Crippen LogP contribution in [0.25, 0.3) is 0 Å². The summed E-state index contributed by atoms with van der Waals surface area (Å²) in [4.78, 5) is 28.9. The number of nitrogens with one attached hydrogen (secondary N) is 1. The number of rotatable bonds is 4. The van der Waals surface area contributed by atoms with Gasteiger partial charge in [0.05, 0.1) is 17.2 Å². The molecule has 2 amide bonds. The van der Waals surface area contributed by atoms with Crippen LogP contribution >= 0.6 is 0 Å². The molecule has 0 radical (unpaired) electrons. The number of amides is 2. The van der Waals surface area contributed by atoms with E-state index >= 15 is 0 Å². The van der Waals surface area contributed by atoms with Gasteiger partial charge in [0.2, 0.25) is 5.91 Å². The predicted molar refractivity (Wildman–Crippen MR) is 105 cm³/mol. The van der Waals surface area contributed by atoms with Gasteiger partial charge < -0.3 is 16.0 Å². The quantitative estimate of drug-likeness (QED) is 0.869. The zero-order chi connectivity index (χ0) is 19.0. The SMILES string of the molecule is CC1c2cccc(C(N)=O)c2C(=O)N1c1ccc(CN2CCNCC2)cc1. The molecule has 2 aliphatic heterocycles. The van der Waals surface area contributed by atoms with E-state index in [2.05, 4.69) is 22.3 Å². The Bertz CT molecular complexity index is 872. The first-order valence-electron chi connectivity index (χ1n) is 9.34. The third kappa shape index (κ3) is 3.22. The number of fused-ring (bicyclic) bond motifs is 1. The van der Waals surface area contributed by atoms with E-state index in [1.54, 1.807) is 17.0 Å². The summed E-state index contributed by atoms with van der Waals surface area (Å²) < 4.78 is 0. The van der Waals surface area contributed by atoms with Crippen molar-refractivity contribution in [3.8, 4) is 0 Å². The second-order valence-corrected chi connectivity index (χ2v) is 7.18. The number of carbonyl (C=O) groups excluding carboxylic acids is 2. The summed E-state index contributed by atoms with van der Waals surface area (Å²) in [5.74, 6) is -0.734. The summed E-state index contributed by atoms with van der Waals surface area (Å²) in [6.07, 6.45) is 0. The summed E-state index contributed by atoms with van der Waals surface area (Å²) in [6.45, 7) is 7.04. The van der Waals surface area contributed by atoms with Crippen LogP contribution in [0.4, 0.5) is 5.69 Å². The van der Waals surface area contributed by atoms with Crippen LogP contribution in [0.15, 0.2) is 42.5 Å². The first-order valence-corrected chi connectivity index (χ1v) is 9.34. The molecule has 2 aliphatic rings. The van der Waals surface area contributed by atoms with E-state index in [1.807, 2.05) is 25.1 Å². The average Bonchev–Trinajstić information content (AvgIpc) is 2.94. The van der Waals surface area contributed by atoms with Crippen molar-refractivity contribution in [1.29, 1.82) is 0 Å². The van der Waals surface area contributed by atoms with Gasteiger partial charge in [-0.25, -0.2) is 0 Å². The van der Waals surface area contributed by atoms with Crippen LogP contribution in [0, 0.1) is 0 Å². The minimum absolute atomic E-state index is 0.134. The maximum Gasteiger partial charge on any atom is 0.260 e. The molecule has 2 heterocycles. The maximum atomic E-state index is 13.0. The van der Waals surface area contributed by atoms with Crippen LogP contribution < -0.4 is 16.0 Å². The van der Waals surface area contributed by atoms with Crippen molar-refractivity contribution in [2.45, 2.75) is 19.5 Å². The molecule has 1 saturated heterocycles. The van der Waals surface area contributed by atoms with Gasteiger partial charge >= 0.3 is 0 Å². The molecular weight excluding hydrogens is 340 g/mol.